The van der Waals surface area contributed by atoms with Crippen LogP contribution >= 0.6 is 7.37 Å². The van der Waals surface area contributed by atoms with Crippen molar-refractivity contribution in [3.8, 4) is 0 Å². The Morgan fingerprint density at radius 1 is 0.897 bits per heavy atom. The van der Waals surface area contributed by atoms with Crippen LogP contribution in [0.5, 0.6) is 0 Å². The molecule has 0 spiro atoms. The number of carboxylic acid groups (broad SMARTS) is 1. The smallest absolute Gasteiger partial charge is 0.326 e. The molecular weight excluding hydrogens is 515 g/mol. The fourth-order valence-corrected chi connectivity index (χ4v) is 6.71. The van der Waals surface area contributed by atoms with Crippen molar-refractivity contribution < 1.29 is 28.9 Å². The minimum atomic E-state index is -4.28. The molecule has 2 unspecified atom stereocenters. The van der Waals surface area contributed by atoms with Crippen molar-refractivity contribution >= 4 is 25.2 Å². The second-order valence-corrected chi connectivity index (χ2v) is 12.4. The standard InChI is InChI=1S/C30H33N2O6P/c33-28(32-20-24(19-26(32)30(35)36)18-23-12-6-2-7-13-23)21-39(37,38)27(17-16-22-10-4-1-5-11-22)31-29(34)25-14-8-3-9-15-25/h1-15,24,26-27H,16-21H2,(H,31,34)(H,35,36)(H,37,38)/t24?,26-,27-/m0/s1. The maximum absolute atomic E-state index is 13.7. The summed E-state index contributed by atoms with van der Waals surface area (Å²) in [5, 5.41) is 12.5. The third kappa shape index (κ3) is 7.65. The van der Waals surface area contributed by atoms with Crippen molar-refractivity contribution in [3.63, 3.8) is 0 Å². The van der Waals surface area contributed by atoms with Gasteiger partial charge in [-0.05, 0) is 54.9 Å². The zero-order valence-corrected chi connectivity index (χ0v) is 22.5. The highest BCUT2D eigenvalue weighted by atomic mass is 31.2. The van der Waals surface area contributed by atoms with Crippen molar-refractivity contribution in [3.05, 3.63) is 108 Å². The summed E-state index contributed by atoms with van der Waals surface area (Å²) in [6.07, 6.45) is 0.692. The molecule has 1 aliphatic rings. The predicted octanol–water partition coefficient (Wildman–Crippen LogP) is 4.19. The molecule has 39 heavy (non-hydrogen) atoms. The van der Waals surface area contributed by atoms with Crippen LogP contribution in [0.25, 0.3) is 0 Å². The van der Waals surface area contributed by atoms with Gasteiger partial charge in [0, 0.05) is 12.1 Å². The van der Waals surface area contributed by atoms with E-state index in [1.807, 2.05) is 60.7 Å². The topological polar surface area (TPSA) is 124 Å². The van der Waals surface area contributed by atoms with Crippen LogP contribution in [0.3, 0.4) is 0 Å². The molecule has 0 radical (unpaired) electrons. The Hall–Kier alpha value is -3.74. The van der Waals surface area contributed by atoms with Crippen LogP contribution in [0.2, 0.25) is 0 Å². The molecule has 0 aromatic heterocycles. The minimum absolute atomic E-state index is 0.0813. The lowest BCUT2D eigenvalue weighted by molar-refractivity contribution is -0.147. The molecule has 3 aromatic carbocycles. The van der Waals surface area contributed by atoms with Crippen LogP contribution in [0.15, 0.2) is 91.0 Å². The van der Waals surface area contributed by atoms with Gasteiger partial charge < -0.3 is 20.2 Å². The quantitative estimate of drug-likeness (QED) is 0.309. The summed E-state index contributed by atoms with van der Waals surface area (Å²) in [6, 6.07) is 26.3. The van der Waals surface area contributed by atoms with Crippen molar-refractivity contribution in [1.29, 1.82) is 0 Å². The number of nitrogens with one attached hydrogen (secondary N) is 1. The van der Waals surface area contributed by atoms with E-state index in [9.17, 15) is 28.9 Å². The summed E-state index contributed by atoms with van der Waals surface area (Å²) in [5.74, 6) is -3.60. The van der Waals surface area contributed by atoms with Gasteiger partial charge in [0.2, 0.25) is 13.3 Å². The molecule has 1 fully saturated rings. The van der Waals surface area contributed by atoms with Gasteiger partial charge in [0.05, 0.1) is 0 Å². The molecule has 2 amide bonds. The highest BCUT2D eigenvalue weighted by molar-refractivity contribution is 7.59. The summed E-state index contributed by atoms with van der Waals surface area (Å²) in [7, 11) is -4.28. The first-order valence-corrected chi connectivity index (χ1v) is 14.9. The lowest BCUT2D eigenvalue weighted by Gasteiger charge is -2.27. The van der Waals surface area contributed by atoms with E-state index in [1.54, 1.807) is 30.3 Å². The van der Waals surface area contributed by atoms with Gasteiger partial charge in [-0.25, -0.2) is 4.79 Å². The van der Waals surface area contributed by atoms with Crippen LogP contribution in [0.4, 0.5) is 0 Å². The number of carbonyl (C=O) groups excluding carboxylic acids is 2. The zero-order chi connectivity index (χ0) is 27.8. The number of likely N-dealkylation sites (tertiary alicyclic amines) is 1. The Morgan fingerprint density at radius 3 is 2.05 bits per heavy atom. The summed E-state index contributed by atoms with van der Waals surface area (Å²) in [6.45, 7) is 0.190. The molecular formula is C30H33N2O6P. The number of carbonyl (C=O) groups is 3. The summed E-state index contributed by atoms with van der Waals surface area (Å²) in [5.41, 5.74) is 2.30. The summed E-state index contributed by atoms with van der Waals surface area (Å²) < 4.78 is 13.7. The zero-order valence-electron chi connectivity index (χ0n) is 21.6. The second kappa shape index (κ2) is 12.9. The maximum Gasteiger partial charge on any atom is 0.326 e. The summed E-state index contributed by atoms with van der Waals surface area (Å²) in [4.78, 5) is 50.6. The van der Waals surface area contributed by atoms with Crippen molar-refractivity contribution in [1.82, 2.24) is 10.2 Å². The van der Waals surface area contributed by atoms with E-state index in [0.717, 1.165) is 11.1 Å². The Labute approximate surface area is 228 Å². The van der Waals surface area contributed by atoms with Crippen LogP contribution < -0.4 is 5.32 Å². The number of carboxylic acids is 1. The van der Waals surface area contributed by atoms with Crippen molar-refractivity contribution in [2.45, 2.75) is 37.5 Å². The number of amides is 2. The maximum atomic E-state index is 13.7. The van der Waals surface area contributed by atoms with E-state index in [1.165, 1.54) is 4.90 Å². The van der Waals surface area contributed by atoms with Gasteiger partial charge >= 0.3 is 5.97 Å². The normalized spacial score (nSPS) is 19.2. The van der Waals surface area contributed by atoms with Crippen LogP contribution in [-0.2, 0) is 27.0 Å². The molecule has 3 aromatic rings. The van der Waals surface area contributed by atoms with E-state index in [-0.39, 0.29) is 25.3 Å². The minimum Gasteiger partial charge on any atom is -0.480 e. The van der Waals surface area contributed by atoms with Gasteiger partial charge in [0.1, 0.15) is 18.0 Å². The highest BCUT2D eigenvalue weighted by Gasteiger charge is 2.43. The molecule has 1 aliphatic heterocycles. The molecule has 4 atom stereocenters. The van der Waals surface area contributed by atoms with Crippen LogP contribution in [0.1, 0.15) is 34.3 Å². The number of aryl methyl sites for hydroxylation is 1. The molecule has 8 nitrogen and oxygen atoms in total. The molecule has 1 heterocycles. The predicted molar refractivity (Wildman–Crippen MR) is 149 cm³/mol. The Balaban J connectivity index is 1.49. The van der Waals surface area contributed by atoms with Crippen molar-refractivity contribution in [2.75, 3.05) is 12.7 Å². The fourth-order valence-electron chi connectivity index (χ4n) is 5.07. The van der Waals surface area contributed by atoms with Crippen LogP contribution in [-0.4, -0.2) is 57.2 Å². The van der Waals surface area contributed by atoms with Crippen molar-refractivity contribution in [2.24, 2.45) is 5.92 Å². The largest absolute Gasteiger partial charge is 0.480 e. The molecule has 4 rings (SSSR count). The number of nitrogens with zero attached hydrogens (tertiary/aromatic N) is 1. The third-order valence-electron chi connectivity index (χ3n) is 7.09. The van der Waals surface area contributed by atoms with Gasteiger partial charge in [-0.1, -0.05) is 78.9 Å². The lowest BCUT2D eigenvalue weighted by Crippen LogP contribution is -2.43. The monoisotopic (exact) mass is 548 g/mol. The second-order valence-electron chi connectivity index (χ2n) is 9.98. The first kappa shape index (κ1) is 28.3. The molecule has 0 aliphatic carbocycles. The highest BCUT2D eigenvalue weighted by Crippen LogP contribution is 2.47. The number of hydrogen-bond acceptors (Lipinski definition) is 4. The number of aliphatic carboxylic acids is 1. The van der Waals surface area contributed by atoms with E-state index in [4.69, 9.17) is 0 Å². The van der Waals surface area contributed by atoms with E-state index < -0.39 is 43.1 Å². The summed E-state index contributed by atoms with van der Waals surface area (Å²) >= 11 is 0. The molecule has 0 saturated carbocycles. The number of benzene rings is 3. The molecule has 0 bridgehead atoms. The lowest BCUT2D eigenvalue weighted by atomic mass is 9.97. The Bertz CT molecular complexity index is 1320. The molecule has 1 saturated heterocycles. The third-order valence-corrected chi connectivity index (χ3v) is 9.18. The SMILES string of the molecule is O=C(N[C@H](CCc1ccccc1)P(=O)(O)CC(=O)N1CC(Cc2ccccc2)C[C@H]1C(=O)O)c1ccccc1. The first-order chi connectivity index (χ1) is 18.7. The molecule has 204 valence electrons. The van der Waals surface area contributed by atoms with Gasteiger partial charge in [0.25, 0.3) is 5.91 Å². The van der Waals surface area contributed by atoms with E-state index in [2.05, 4.69) is 5.32 Å². The van der Waals surface area contributed by atoms with Gasteiger partial charge in [0.15, 0.2) is 0 Å². The van der Waals surface area contributed by atoms with Gasteiger partial charge in [-0.2, -0.15) is 0 Å². The fraction of sp³-hybridized carbons (Fsp3) is 0.300. The Kier molecular flexibility index (Phi) is 9.33. The van der Waals surface area contributed by atoms with Gasteiger partial charge in [-0.15, -0.1) is 0 Å². The first-order valence-electron chi connectivity index (χ1n) is 13.0. The average molecular weight is 549 g/mol. The Morgan fingerprint density at radius 2 is 1.46 bits per heavy atom. The van der Waals surface area contributed by atoms with E-state index >= 15 is 0 Å². The number of rotatable bonds is 11. The van der Waals surface area contributed by atoms with Crippen LogP contribution in [0, 0.1) is 5.92 Å². The number of hydrogen-bond donors (Lipinski definition) is 3. The average Bonchev–Trinajstić information content (AvgIpc) is 3.36. The van der Waals surface area contributed by atoms with E-state index in [0.29, 0.717) is 18.4 Å². The molecule has 9 heteroatoms. The molecule has 3 N–H and O–H groups in total. The van der Waals surface area contributed by atoms with Gasteiger partial charge in [-0.3, -0.25) is 14.2 Å².